The molecule has 5 rings (SSSR count). The van der Waals surface area contributed by atoms with Gasteiger partial charge in [0.2, 0.25) is 5.91 Å². The van der Waals surface area contributed by atoms with Crippen LogP contribution in [0.2, 0.25) is 0 Å². The highest BCUT2D eigenvalue weighted by Gasteiger charge is 2.42. The lowest BCUT2D eigenvalue weighted by atomic mass is 10.00. The van der Waals surface area contributed by atoms with Gasteiger partial charge in [0.25, 0.3) is 0 Å². The molecule has 1 aliphatic heterocycles. The number of hydrogen-bond acceptors (Lipinski definition) is 4. The Morgan fingerprint density at radius 1 is 1.00 bits per heavy atom. The fourth-order valence-corrected chi connectivity index (χ4v) is 5.28. The number of benzene rings is 2. The Bertz CT molecular complexity index is 1480. The van der Waals surface area contributed by atoms with E-state index in [9.17, 15) is 4.79 Å². The number of rotatable bonds is 7. The molecule has 38 heavy (non-hydrogen) atoms. The number of methoxy groups -OCH3 is 1. The van der Waals surface area contributed by atoms with Crippen molar-refractivity contribution in [3.63, 3.8) is 0 Å². The Morgan fingerprint density at radius 2 is 1.79 bits per heavy atom. The summed E-state index contributed by atoms with van der Waals surface area (Å²) in [6.45, 7) is 6.23. The van der Waals surface area contributed by atoms with Crippen molar-refractivity contribution in [3.8, 4) is 5.69 Å². The van der Waals surface area contributed by atoms with Crippen molar-refractivity contribution >= 4 is 34.6 Å². The monoisotopic (exact) mass is 525 g/mol. The molecule has 0 aliphatic carbocycles. The SMILES string of the molecule is COCC(=O)Nc1ccc(N2C(=S)N[C@@H](c3ccccn3)[C@H]2c2cccn2-c2ccc(C)c(C)c2)cc1C. The van der Waals surface area contributed by atoms with E-state index in [0.29, 0.717) is 5.11 Å². The minimum Gasteiger partial charge on any atom is -0.375 e. The highest BCUT2D eigenvalue weighted by atomic mass is 32.1. The third-order valence-electron chi connectivity index (χ3n) is 6.99. The van der Waals surface area contributed by atoms with Crippen molar-refractivity contribution in [2.75, 3.05) is 23.9 Å². The zero-order valence-corrected chi connectivity index (χ0v) is 22.8. The third kappa shape index (κ3) is 4.92. The summed E-state index contributed by atoms with van der Waals surface area (Å²) < 4.78 is 7.18. The number of ether oxygens (including phenoxy) is 1. The zero-order valence-electron chi connectivity index (χ0n) is 21.9. The lowest BCUT2D eigenvalue weighted by Gasteiger charge is -2.29. The summed E-state index contributed by atoms with van der Waals surface area (Å²) in [5, 5.41) is 7.06. The average molecular weight is 526 g/mol. The maximum absolute atomic E-state index is 12.1. The standard InChI is InChI=1S/C30H31N5O2S/c1-19-10-11-22(16-20(19)2)34-15-7-9-26(34)29-28(25-8-5-6-14-31-25)33-30(38)35(29)23-12-13-24(21(3)17-23)32-27(36)18-37-4/h5-17,28-29H,18H2,1-4H3,(H,32,36)(H,33,38)/t28-,29+/m0/s1. The molecule has 0 bridgehead atoms. The van der Waals surface area contributed by atoms with Gasteiger partial charge in [0.1, 0.15) is 12.6 Å². The van der Waals surface area contributed by atoms with Crippen molar-refractivity contribution in [1.82, 2.24) is 14.9 Å². The molecular formula is C30H31N5O2S. The first-order chi connectivity index (χ1) is 18.4. The van der Waals surface area contributed by atoms with Gasteiger partial charge in [-0.2, -0.15) is 0 Å². The van der Waals surface area contributed by atoms with Gasteiger partial charge < -0.3 is 24.8 Å². The molecule has 194 valence electrons. The van der Waals surface area contributed by atoms with Crippen LogP contribution in [0, 0.1) is 20.8 Å². The predicted molar refractivity (Wildman–Crippen MR) is 155 cm³/mol. The molecule has 1 amide bonds. The van der Waals surface area contributed by atoms with Gasteiger partial charge >= 0.3 is 0 Å². The van der Waals surface area contributed by atoms with Crippen molar-refractivity contribution in [3.05, 3.63) is 107 Å². The topological polar surface area (TPSA) is 71.4 Å². The quantitative estimate of drug-likeness (QED) is 0.308. The highest BCUT2D eigenvalue weighted by molar-refractivity contribution is 7.80. The summed E-state index contributed by atoms with van der Waals surface area (Å²) in [6, 6.07) is 22.3. The first-order valence-electron chi connectivity index (χ1n) is 12.5. The molecule has 0 unspecified atom stereocenters. The molecule has 2 aromatic carbocycles. The molecule has 2 N–H and O–H groups in total. The van der Waals surface area contributed by atoms with Crippen molar-refractivity contribution < 1.29 is 9.53 Å². The maximum atomic E-state index is 12.1. The molecule has 0 saturated carbocycles. The molecule has 7 nitrogen and oxygen atoms in total. The number of thiocarbonyl (C=S) groups is 1. The van der Waals surface area contributed by atoms with Crippen LogP contribution in [0.5, 0.6) is 0 Å². The van der Waals surface area contributed by atoms with Gasteiger partial charge in [-0.3, -0.25) is 9.78 Å². The van der Waals surface area contributed by atoms with E-state index >= 15 is 0 Å². The Balaban J connectivity index is 1.59. The largest absolute Gasteiger partial charge is 0.375 e. The number of carbonyl (C=O) groups is 1. The van der Waals surface area contributed by atoms with E-state index in [4.69, 9.17) is 17.0 Å². The predicted octanol–water partition coefficient (Wildman–Crippen LogP) is 5.56. The van der Waals surface area contributed by atoms with Crippen LogP contribution in [0.15, 0.2) is 79.1 Å². The van der Waals surface area contributed by atoms with E-state index in [1.807, 2.05) is 49.5 Å². The number of nitrogens with one attached hydrogen (secondary N) is 2. The highest BCUT2D eigenvalue weighted by Crippen LogP contribution is 2.43. The molecule has 3 heterocycles. The van der Waals surface area contributed by atoms with Gasteiger partial charge in [-0.25, -0.2) is 0 Å². The van der Waals surface area contributed by atoms with E-state index < -0.39 is 0 Å². The van der Waals surface area contributed by atoms with Crippen LogP contribution in [0.4, 0.5) is 11.4 Å². The number of hydrogen-bond donors (Lipinski definition) is 2. The second-order valence-electron chi connectivity index (χ2n) is 9.55. The Hall–Kier alpha value is -4.01. The van der Waals surface area contributed by atoms with Crippen LogP contribution in [0.3, 0.4) is 0 Å². The van der Waals surface area contributed by atoms with E-state index in [1.165, 1.54) is 18.2 Å². The third-order valence-corrected chi connectivity index (χ3v) is 7.30. The summed E-state index contributed by atoms with van der Waals surface area (Å²) in [7, 11) is 1.50. The average Bonchev–Trinajstić information content (AvgIpc) is 3.52. The lowest BCUT2D eigenvalue weighted by molar-refractivity contribution is -0.119. The van der Waals surface area contributed by atoms with Crippen LogP contribution < -0.4 is 15.5 Å². The van der Waals surface area contributed by atoms with E-state index in [0.717, 1.165) is 34.0 Å². The van der Waals surface area contributed by atoms with Crippen LogP contribution >= 0.6 is 12.2 Å². The molecule has 2 atom stereocenters. The molecule has 0 radical (unpaired) electrons. The fraction of sp³-hybridized carbons (Fsp3) is 0.233. The summed E-state index contributed by atoms with van der Waals surface area (Å²) in [5.41, 5.74) is 8.19. The molecule has 1 aliphatic rings. The number of carbonyl (C=O) groups excluding carboxylic acids is 1. The van der Waals surface area contributed by atoms with Crippen LogP contribution in [0.25, 0.3) is 5.69 Å². The number of anilines is 2. The van der Waals surface area contributed by atoms with Crippen LogP contribution in [-0.4, -0.2) is 34.3 Å². The van der Waals surface area contributed by atoms with Gasteiger partial charge in [0.15, 0.2) is 5.11 Å². The van der Waals surface area contributed by atoms with Gasteiger partial charge in [-0.1, -0.05) is 12.1 Å². The number of pyridine rings is 1. The summed E-state index contributed by atoms with van der Waals surface area (Å²) in [4.78, 5) is 18.9. The second-order valence-corrected chi connectivity index (χ2v) is 9.94. The number of amides is 1. The van der Waals surface area contributed by atoms with Crippen LogP contribution in [-0.2, 0) is 9.53 Å². The zero-order chi connectivity index (χ0) is 26.8. The molecule has 1 fully saturated rings. The minimum absolute atomic E-state index is 0.00459. The Morgan fingerprint density at radius 3 is 2.50 bits per heavy atom. The normalized spacial score (nSPS) is 16.9. The summed E-state index contributed by atoms with van der Waals surface area (Å²) in [6.07, 6.45) is 3.90. The fourth-order valence-electron chi connectivity index (χ4n) is 4.93. The Kier molecular flexibility index (Phi) is 7.26. The molecule has 0 spiro atoms. The van der Waals surface area contributed by atoms with Gasteiger partial charge in [0, 0.05) is 42.3 Å². The first-order valence-corrected chi connectivity index (χ1v) is 12.9. The molecule has 4 aromatic rings. The first kappa shape index (κ1) is 25.6. The van der Waals surface area contributed by atoms with Gasteiger partial charge in [-0.05, 0) is 104 Å². The summed E-state index contributed by atoms with van der Waals surface area (Å²) in [5.74, 6) is -0.193. The molecule has 1 saturated heterocycles. The molecule has 8 heteroatoms. The lowest BCUT2D eigenvalue weighted by Crippen LogP contribution is -2.30. The summed E-state index contributed by atoms with van der Waals surface area (Å²) >= 11 is 5.92. The minimum atomic E-state index is -0.193. The Labute approximate surface area is 228 Å². The van der Waals surface area contributed by atoms with Crippen molar-refractivity contribution in [2.24, 2.45) is 0 Å². The van der Waals surface area contributed by atoms with Gasteiger partial charge in [-0.15, -0.1) is 0 Å². The number of aromatic nitrogens is 2. The molecule has 2 aromatic heterocycles. The van der Waals surface area contributed by atoms with E-state index in [-0.39, 0.29) is 24.6 Å². The van der Waals surface area contributed by atoms with Crippen molar-refractivity contribution in [1.29, 1.82) is 0 Å². The molecular weight excluding hydrogens is 494 g/mol. The van der Waals surface area contributed by atoms with E-state index in [1.54, 1.807) is 0 Å². The van der Waals surface area contributed by atoms with Crippen LogP contribution in [0.1, 0.15) is 40.2 Å². The smallest absolute Gasteiger partial charge is 0.250 e. The van der Waals surface area contributed by atoms with Gasteiger partial charge in [0.05, 0.1) is 11.7 Å². The van der Waals surface area contributed by atoms with E-state index in [2.05, 4.69) is 75.5 Å². The number of nitrogens with zero attached hydrogens (tertiary/aromatic N) is 3. The van der Waals surface area contributed by atoms with Crippen molar-refractivity contribution in [2.45, 2.75) is 32.9 Å². The number of aryl methyl sites for hydroxylation is 3. The maximum Gasteiger partial charge on any atom is 0.250 e. The second kappa shape index (κ2) is 10.8.